The molecule has 4 aromatic rings. The summed E-state index contributed by atoms with van der Waals surface area (Å²) in [4.78, 5) is 12.6. The van der Waals surface area contributed by atoms with Crippen LogP contribution in [0.2, 0.25) is 0 Å². The third-order valence-electron chi connectivity index (χ3n) is 7.69. The van der Waals surface area contributed by atoms with Gasteiger partial charge in [0.15, 0.2) is 5.79 Å². The molecule has 2 saturated heterocycles. The first-order chi connectivity index (χ1) is 19.8. The van der Waals surface area contributed by atoms with E-state index < -0.39 is 41.8 Å². The van der Waals surface area contributed by atoms with Gasteiger partial charge in [0, 0.05) is 5.56 Å². The lowest BCUT2D eigenvalue weighted by Crippen LogP contribution is -2.39. The van der Waals surface area contributed by atoms with Gasteiger partial charge in [-0.1, -0.05) is 91.0 Å². The zero-order chi connectivity index (χ0) is 28.6. The lowest BCUT2D eigenvalue weighted by atomic mass is 9.80. The van der Waals surface area contributed by atoms with Crippen LogP contribution in [0, 0.1) is 0 Å². The van der Waals surface area contributed by atoms with Crippen LogP contribution in [-0.2, 0) is 29.3 Å². The standard InChI is InChI=1S/C33H33NO6S/c1-32(2)39-28-25(38-27(29(28)40-32)24-20-41-30(26(24)34)31(35)36-3)19-37-33(21-13-7-4-8-14-21,22-15-9-5-10-16-22)23-17-11-6-12-18-23/h4-18,20,25,27-29H,19,34H2,1-3H3/t25-,27-,28-,29+/m1/s1. The van der Waals surface area contributed by atoms with E-state index >= 15 is 0 Å². The summed E-state index contributed by atoms with van der Waals surface area (Å²) in [7, 11) is 1.34. The summed E-state index contributed by atoms with van der Waals surface area (Å²) in [5.74, 6) is -1.29. The molecule has 6 rings (SSSR count). The summed E-state index contributed by atoms with van der Waals surface area (Å²) in [6, 6.07) is 30.6. The number of ether oxygens (including phenoxy) is 5. The van der Waals surface area contributed by atoms with Crippen LogP contribution in [0.3, 0.4) is 0 Å². The van der Waals surface area contributed by atoms with E-state index in [1.807, 2.05) is 73.8 Å². The van der Waals surface area contributed by atoms with Gasteiger partial charge in [0.05, 0.1) is 19.4 Å². The van der Waals surface area contributed by atoms with Crippen LogP contribution in [0.1, 0.15) is 51.9 Å². The van der Waals surface area contributed by atoms with Gasteiger partial charge in [0.25, 0.3) is 0 Å². The Bertz CT molecular complexity index is 1390. The third-order valence-corrected chi connectivity index (χ3v) is 8.69. The summed E-state index contributed by atoms with van der Waals surface area (Å²) in [5.41, 5.74) is 9.54. The van der Waals surface area contributed by atoms with E-state index in [1.54, 1.807) is 0 Å². The predicted octanol–water partition coefficient (Wildman–Crippen LogP) is 6.09. The maximum absolute atomic E-state index is 12.3. The molecule has 3 aromatic carbocycles. The van der Waals surface area contributed by atoms with Crippen LogP contribution in [0.15, 0.2) is 96.4 Å². The van der Waals surface area contributed by atoms with Crippen molar-refractivity contribution in [2.75, 3.05) is 19.5 Å². The second kappa shape index (κ2) is 11.0. The highest BCUT2D eigenvalue weighted by molar-refractivity contribution is 7.12. The van der Waals surface area contributed by atoms with Gasteiger partial charge in [0.2, 0.25) is 0 Å². The number of esters is 1. The molecule has 0 bridgehead atoms. The first-order valence-electron chi connectivity index (χ1n) is 13.6. The predicted molar refractivity (Wildman–Crippen MR) is 157 cm³/mol. The Kier molecular flexibility index (Phi) is 7.44. The van der Waals surface area contributed by atoms with E-state index in [1.165, 1.54) is 18.4 Å². The number of carbonyl (C=O) groups is 1. The first kappa shape index (κ1) is 27.6. The Morgan fingerprint density at radius 3 is 1.90 bits per heavy atom. The lowest BCUT2D eigenvalue weighted by molar-refractivity contribution is -0.196. The summed E-state index contributed by atoms with van der Waals surface area (Å²) in [6.45, 7) is 3.99. The van der Waals surface area contributed by atoms with Crippen LogP contribution < -0.4 is 5.73 Å². The van der Waals surface area contributed by atoms with E-state index in [4.69, 9.17) is 29.4 Å². The highest BCUT2D eigenvalue weighted by atomic mass is 32.1. The molecule has 4 atom stereocenters. The smallest absolute Gasteiger partial charge is 0.350 e. The number of anilines is 1. The van der Waals surface area contributed by atoms with Crippen LogP contribution in [0.4, 0.5) is 5.69 Å². The van der Waals surface area contributed by atoms with Crippen molar-refractivity contribution in [3.8, 4) is 0 Å². The van der Waals surface area contributed by atoms with Gasteiger partial charge < -0.3 is 29.4 Å². The number of benzene rings is 3. The second-order valence-corrected chi connectivity index (χ2v) is 11.6. The second-order valence-electron chi connectivity index (χ2n) is 10.7. The SMILES string of the molecule is COC(=O)c1scc([C@H]2O[C@H](COC(c3ccccc3)(c3ccccc3)c3ccccc3)[C@H]3OC(C)(C)O[C@H]32)c1N. The topological polar surface area (TPSA) is 89.2 Å². The Morgan fingerprint density at radius 1 is 0.878 bits per heavy atom. The summed E-state index contributed by atoms with van der Waals surface area (Å²) >= 11 is 1.23. The van der Waals surface area contributed by atoms with Crippen LogP contribution >= 0.6 is 11.3 Å². The van der Waals surface area contributed by atoms with Gasteiger partial charge in [-0.3, -0.25) is 0 Å². The number of hydrogen-bond donors (Lipinski definition) is 1. The number of nitrogen functional groups attached to an aromatic ring is 1. The van der Waals surface area contributed by atoms with Crippen molar-refractivity contribution in [3.63, 3.8) is 0 Å². The molecule has 212 valence electrons. The molecule has 3 heterocycles. The Labute approximate surface area is 243 Å². The van der Waals surface area contributed by atoms with Gasteiger partial charge in [0.1, 0.15) is 34.9 Å². The molecule has 0 unspecified atom stereocenters. The van der Waals surface area contributed by atoms with Gasteiger partial charge >= 0.3 is 5.97 Å². The van der Waals surface area contributed by atoms with E-state index in [9.17, 15) is 4.79 Å². The Hall–Kier alpha value is -3.53. The molecule has 7 nitrogen and oxygen atoms in total. The molecule has 8 heteroatoms. The molecule has 0 radical (unpaired) electrons. The maximum Gasteiger partial charge on any atom is 0.350 e. The minimum atomic E-state index is -0.908. The summed E-state index contributed by atoms with van der Waals surface area (Å²) in [5, 5.41) is 1.84. The monoisotopic (exact) mass is 571 g/mol. The fraction of sp³-hybridized carbons (Fsp3) is 0.303. The van der Waals surface area contributed by atoms with Gasteiger partial charge in [-0.15, -0.1) is 11.3 Å². The Morgan fingerprint density at radius 2 is 1.39 bits per heavy atom. The fourth-order valence-electron chi connectivity index (χ4n) is 5.89. The molecule has 2 N–H and O–H groups in total. The first-order valence-corrected chi connectivity index (χ1v) is 14.5. The van der Waals surface area contributed by atoms with Gasteiger partial charge in [-0.25, -0.2) is 4.79 Å². The number of hydrogen-bond acceptors (Lipinski definition) is 8. The molecule has 0 saturated carbocycles. The molecule has 2 aliphatic rings. The van der Waals surface area contributed by atoms with E-state index in [-0.39, 0.29) is 6.61 Å². The largest absolute Gasteiger partial charge is 0.465 e. The van der Waals surface area contributed by atoms with Crippen molar-refractivity contribution < 1.29 is 28.5 Å². The zero-order valence-electron chi connectivity index (χ0n) is 23.2. The summed E-state index contributed by atoms with van der Waals surface area (Å²) < 4.78 is 31.3. The highest BCUT2D eigenvalue weighted by Crippen LogP contribution is 2.49. The minimum Gasteiger partial charge on any atom is -0.465 e. The molecule has 2 fully saturated rings. The molecular weight excluding hydrogens is 538 g/mol. The quantitative estimate of drug-likeness (QED) is 0.202. The van der Waals surface area contributed by atoms with Crippen molar-refractivity contribution in [1.29, 1.82) is 0 Å². The number of carbonyl (C=O) groups excluding carboxylic acids is 1. The third kappa shape index (κ3) is 4.96. The molecule has 0 aliphatic carbocycles. The van der Waals surface area contributed by atoms with Gasteiger partial charge in [-0.05, 0) is 35.9 Å². The molecule has 0 amide bonds. The van der Waals surface area contributed by atoms with Crippen LogP contribution in [0.25, 0.3) is 0 Å². The molecule has 2 aliphatic heterocycles. The summed E-state index contributed by atoms with van der Waals surface area (Å²) in [6.07, 6.45) is -1.84. The number of methoxy groups -OCH3 is 1. The highest BCUT2D eigenvalue weighted by Gasteiger charge is 2.56. The average molecular weight is 572 g/mol. The molecular formula is C33H33NO6S. The molecule has 1 aromatic heterocycles. The Balaban J connectivity index is 1.38. The number of fused-ring (bicyclic) bond motifs is 1. The molecule has 0 spiro atoms. The van der Waals surface area contributed by atoms with Gasteiger partial charge in [-0.2, -0.15) is 0 Å². The van der Waals surface area contributed by atoms with Crippen LogP contribution in [-0.4, -0.2) is 43.8 Å². The van der Waals surface area contributed by atoms with Crippen molar-refractivity contribution >= 4 is 23.0 Å². The van der Waals surface area contributed by atoms with Crippen molar-refractivity contribution in [2.24, 2.45) is 0 Å². The van der Waals surface area contributed by atoms with E-state index in [0.29, 0.717) is 16.1 Å². The number of thiophene rings is 1. The fourth-order valence-corrected chi connectivity index (χ4v) is 6.82. The van der Waals surface area contributed by atoms with Crippen molar-refractivity contribution in [2.45, 2.75) is 49.7 Å². The van der Waals surface area contributed by atoms with Crippen molar-refractivity contribution in [1.82, 2.24) is 0 Å². The number of rotatable bonds is 8. The van der Waals surface area contributed by atoms with Crippen LogP contribution in [0.5, 0.6) is 0 Å². The number of nitrogens with two attached hydrogens (primary N) is 1. The van der Waals surface area contributed by atoms with E-state index in [2.05, 4.69) is 36.4 Å². The van der Waals surface area contributed by atoms with E-state index in [0.717, 1.165) is 16.7 Å². The van der Waals surface area contributed by atoms with Crippen molar-refractivity contribution in [3.05, 3.63) is 124 Å². The lowest BCUT2D eigenvalue weighted by Gasteiger charge is -2.37. The molecule has 41 heavy (non-hydrogen) atoms. The maximum atomic E-state index is 12.3. The zero-order valence-corrected chi connectivity index (χ0v) is 24.0. The normalized spacial score (nSPS) is 23.3. The minimum absolute atomic E-state index is 0.212. The average Bonchev–Trinajstić information content (AvgIpc) is 3.64.